The summed E-state index contributed by atoms with van der Waals surface area (Å²) in [6, 6.07) is 14.0. The molecule has 7 N–H and O–H groups in total. The summed E-state index contributed by atoms with van der Waals surface area (Å²) in [4.78, 5) is 30.7. The molecular formula is C31H37ClN8O3. The lowest BCUT2D eigenvalue weighted by atomic mass is 9.96. The number of carbonyl (C=O) groups is 2. The minimum Gasteiger partial charge on any atom is -0.464 e. The largest absolute Gasteiger partial charge is 0.464 e. The number of hydrogen-bond acceptors (Lipinski definition) is 9. The zero-order chi connectivity index (χ0) is 30.8. The zero-order valence-electron chi connectivity index (χ0n) is 24.2. The van der Waals surface area contributed by atoms with Crippen molar-refractivity contribution in [3.05, 3.63) is 77.1 Å². The molecule has 2 bridgehead atoms. The topological polar surface area (TPSA) is 160 Å². The van der Waals surface area contributed by atoms with Gasteiger partial charge in [0.05, 0.1) is 24.0 Å². The maximum Gasteiger partial charge on any atom is 0.328 e. The Morgan fingerprint density at radius 3 is 2.77 bits per heavy atom. The highest BCUT2D eigenvalue weighted by molar-refractivity contribution is 6.30. The van der Waals surface area contributed by atoms with Gasteiger partial charge in [-0.1, -0.05) is 30.5 Å². The Morgan fingerprint density at radius 2 is 2.00 bits per heavy atom. The molecule has 0 saturated carbocycles. The Morgan fingerprint density at radius 1 is 1.19 bits per heavy atom. The molecule has 3 aromatic rings. The minimum absolute atomic E-state index is 0.292. The molecule has 2 atom stereocenters. The normalized spacial score (nSPS) is 16.8. The quantitative estimate of drug-likeness (QED) is 0.0607. The minimum atomic E-state index is -0.513. The van der Waals surface area contributed by atoms with Gasteiger partial charge < -0.3 is 26.5 Å². The smallest absolute Gasteiger partial charge is 0.328 e. The first-order valence-electron chi connectivity index (χ1n) is 14.1. The van der Waals surface area contributed by atoms with Crippen LogP contribution < -0.4 is 32.6 Å². The average Bonchev–Trinajstić information content (AvgIpc) is 3.00. The fraction of sp³-hybridized carbons (Fsp3) is 0.290. The van der Waals surface area contributed by atoms with Crippen LogP contribution in [0.3, 0.4) is 0 Å². The number of carbonyl (C=O) groups excluding carboxylic acids is 2. The molecule has 1 aliphatic rings. The van der Waals surface area contributed by atoms with E-state index in [0.29, 0.717) is 35.7 Å². The van der Waals surface area contributed by atoms with Crippen molar-refractivity contribution in [2.75, 3.05) is 29.3 Å². The first-order chi connectivity index (χ1) is 20.8. The highest BCUT2D eigenvalue weighted by Crippen LogP contribution is 2.34. The molecule has 1 aliphatic heterocycles. The standard InChI is InChI=1S/C31H37ClN8O3/c1-3-43-31(42)26-7-5-4-6-25(28-17-20(14-15-36-28)24-11-10-23(35-2)18-27(24)38-26)39-30(41)13-8-21-16-22(32)9-12-29(21)40(34)19-37-33/h8-19,25-26,35,38H,3-7,33-34H2,1-2H3,(H,39,41)/b13-8+,37-19-/t25-,26-/m0/s1. The van der Waals surface area contributed by atoms with Crippen molar-refractivity contribution in [3.63, 3.8) is 0 Å². The highest BCUT2D eigenvalue weighted by atomic mass is 35.5. The maximum absolute atomic E-state index is 13.2. The molecule has 11 nitrogen and oxygen atoms in total. The van der Waals surface area contributed by atoms with Crippen LogP contribution in [-0.2, 0) is 14.3 Å². The molecule has 0 spiro atoms. The number of halogens is 1. The number of hydrazine groups is 1. The summed E-state index contributed by atoms with van der Waals surface area (Å²) < 4.78 is 5.38. The number of rotatable bonds is 8. The van der Waals surface area contributed by atoms with E-state index in [4.69, 9.17) is 28.0 Å². The van der Waals surface area contributed by atoms with Crippen molar-refractivity contribution in [1.29, 1.82) is 0 Å². The van der Waals surface area contributed by atoms with Crippen molar-refractivity contribution in [2.45, 2.75) is 44.7 Å². The van der Waals surface area contributed by atoms with E-state index in [1.54, 1.807) is 37.4 Å². The van der Waals surface area contributed by atoms with E-state index in [2.05, 4.69) is 26.0 Å². The molecule has 4 rings (SSSR count). The van der Waals surface area contributed by atoms with Gasteiger partial charge in [-0.05, 0) is 73.9 Å². The number of nitrogens with two attached hydrogens (primary N) is 2. The van der Waals surface area contributed by atoms with Crippen LogP contribution in [0.5, 0.6) is 0 Å². The summed E-state index contributed by atoms with van der Waals surface area (Å²) in [6.07, 6.45) is 8.73. The lowest BCUT2D eigenvalue weighted by molar-refractivity contribution is -0.144. The van der Waals surface area contributed by atoms with Crippen LogP contribution in [0.15, 0.2) is 65.9 Å². The number of hydrogen-bond donors (Lipinski definition) is 5. The van der Waals surface area contributed by atoms with Gasteiger partial charge in [0.1, 0.15) is 12.4 Å². The molecule has 0 saturated heterocycles. The SMILES string of the molecule is CCOC(=O)[C@@H]1CCCC[C@H](NC(=O)/C=C/c2cc(Cl)ccc2N(N)/C=N\N)c2cc(ccn2)-c2ccc(NC)cc2N1. The van der Waals surface area contributed by atoms with Crippen molar-refractivity contribution in [3.8, 4) is 11.1 Å². The first kappa shape index (κ1) is 31.3. The van der Waals surface area contributed by atoms with Crippen molar-refractivity contribution in [2.24, 2.45) is 16.8 Å². The monoisotopic (exact) mass is 604 g/mol. The number of nitrogens with zero attached hydrogens (tertiary/aromatic N) is 3. The van der Waals surface area contributed by atoms with Crippen molar-refractivity contribution < 1.29 is 14.3 Å². The number of ether oxygens (including phenoxy) is 1. The molecule has 2 heterocycles. The van der Waals surface area contributed by atoms with Gasteiger partial charge in [0.25, 0.3) is 0 Å². The number of pyridine rings is 1. The van der Waals surface area contributed by atoms with Gasteiger partial charge in [-0.2, -0.15) is 5.10 Å². The van der Waals surface area contributed by atoms with Crippen LogP contribution in [0.25, 0.3) is 17.2 Å². The third kappa shape index (κ3) is 8.24. The fourth-order valence-corrected chi connectivity index (χ4v) is 5.14. The van der Waals surface area contributed by atoms with Gasteiger partial charge in [-0.15, -0.1) is 0 Å². The summed E-state index contributed by atoms with van der Waals surface area (Å²) in [7, 11) is 1.85. The molecule has 0 fully saturated rings. The predicted octanol–water partition coefficient (Wildman–Crippen LogP) is 4.81. The van der Waals surface area contributed by atoms with Gasteiger partial charge in [-0.3, -0.25) is 14.8 Å². The van der Waals surface area contributed by atoms with E-state index in [9.17, 15) is 9.59 Å². The number of hydrazone groups is 1. The second-order valence-corrected chi connectivity index (χ2v) is 10.4. The lowest BCUT2D eigenvalue weighted by Gasteiger charge is -2.24. The summed E-state index contributed by atoms with van der Waals surface area (Å²) >= 11 is 6.20. The molecule has 43 heavy (non-hydrogen) atoms. The number of esters is 1. The number of nitrogens with one attached hydrogen (secondary N) is 3. The van der Waals surface area contributed by atoms with Gasteiger partial charge in [0.2, 0.25) is 5.91 Å². The van der Waals surface area contributed by atoms with Crippen LogP contribution in [-0.4, -0.2) is 42.9 Å². The highest BCUT2D eigenvalue weighted by Gasteiger charge is 2.24. The molecule has 1 aromatic heterocycles. The average molecular weight is 605 g/mol. The van der Waals surface area contributed by atoms with Crippen molar-refractivity contribution in [1.82, 2.24) is 10.3 Å². The molecular weight excluding hydrogens is 568 g/mol. The number of amides is 1. The summed E-state index contributed by atoms with van der Waals surface area (Å²) in [5.41, 5.74) is 5.43. The second-order valence-electron chi connectivity index (χ2n) is 9.98. The van der Waals surface area contributed by atoms with Gasteiger partial charge in [-0.25, -0.2) is 10.6 Å². The van der Waals surface area contributed by atoms with Crippen LogP contribution in [0.4, 0.5) is 17.1 Å². The Labute approximate surface area is 256 Å². The second kappa shape index (κ2) is 15.0. The molecule has 0 radical (unpaired) electrons. The molecule has 0 unspecified atom stereocenters. The Bertz CT molecular complexity index is 1500. The fourth-order valence-electron chi connectivity index (χ4n) is 4.96. The molecule has 1 amide bonds. The lowest BCUT2D eigenvalue weighted by Crippen LogP contribution is -2.32. The summed E-state index contributed by atoms with van der Waals surface area (Å²) in [6.45, 7) is 2.10. The number of benzene rings is 2. The van der Waals surface area contributed by atoms with E-state index in [1.165, 1.54) is 17.4 Å². The van der Waals surface area contributed by atoms with Crippen molar-refractivity contribution >= 4 is 53.0 Å². The van der Waals surface area contributed by atoms with E-state index in [0.717, 1.165) is 41.0 Å². The molecule has 0 aliphatic carbocycles. The Balaban J connectivity index is 1.64. The van der Waals surface area contributed by atoms with E-state index in [1.807, 2.05) is 37.4 Å². The number of fused-ring (bicyclic) bond motifs is 4. The molecule has 12 heteroatoms. The molecule has 2 aromatic carbocycles. The van der Waals surface area contributed by atoms with Gasteiger partial charge in [0.15, 0.2) is 0 Å². The third-order valence-corrected chi connectivity index (χ3v) is 7.32. The Kier molecular flexibility index (Phi) is 11.0. The zero-order valence-corrected chi connectivity index (χ0v) is 25.0. The third-order valence-electron chi connectivity index (χ3n) is 7.08. The summed E-state index contributed by atoms with van der Waals surface area (Å²) in [5, 5.41) is 14.9. The van der Waals surface area contributed by atoms with E-state index >= 15 is 0 Å². The van der Waals surface area contributed by atoms with Crippen LogP contribution in [0, 0.1) is 0 Å². The molecule has 226 valence electrons. The predicted molar refractivity (Wildman–Crippen MR) is 172 cm³/mol. The van der Waals surface area contributed by atoms with Gasteiger partial charge in [0, 0.05) is 46.8 Å². The van der Waals surface area contributed by atoms with Gasteiger partial charge >= 0.3 is 5.97 Å². The number of aromatic nitrogens is 1. The summed E-state index contributed by atoms with van der Waals surface area (Å²) in [5.74, 6) is 10.6. The van der Waals surface area contributed by atoms with Crippen LogP contribution >= 0.6 is 11.6 Å². The van der Waals surface area contributed by atoms with Crippen LogP contribution in [0.1, 0.15) is 49.9 Å². The van der Waals surface area contributed by atoms with Crippen LogP contribution in [0.2, 0.25) is 5.02 Å². The van der Waals surface area contributed by atoms with E-state index < -0.39 is 6.04 Å². The first-order valence-corrected chi connectivity index (χ1v) is 14.5. The maximum atomic E-state index is 13.2. The Hall–Kier alpha value is -4.61. The number of anilines is 3. The van der Waals surface area contributed by atoms with E-state index in [-0.39, 0.29) is 17.9 Å².